The van der Waals surface area contributed by atoms with Gasteiger partial charge >= 0.3 is 5.69 Å². The van der Waals surface area contributed by atoms with E-state index in [9.17, 15) is 9.59 Å². The van der Waals surface area contributed by atoms with E-state index < -0.39 is 11.9 Å². The number of fused-ring (bicyclic) bond motifs is 2. The third-order valence-electron chi connectivity index (χ3n) is 7.48. The van der Waals surface area contributed by atoms with Gasteiger partial charge in [-0.15, -0.1) is 0 Å². The molecule has 3 aromatic rings. The summed E-state index contributed by atoms with van der Waals surface area (Å²) in [6.45, 7) is 3.85. The van der Waals surface area contributed by atoms with Crippen LogP contribution in [0.15, 0.2) is 53.3 Å². The normalized spacial score (nSPS) is 20.8. The molecule has 6 heteroatoms. The number of nitrogens with zero attached hydrogens (tertiary/aromatic N) is 3. The van der Waals surface area contributed by atoms with E-state index in [2.05, 4.69) is 29.2 Å². The molecule has 2 heterocycles. The Hall–Kier alpha value is -2.86. The number of aromatic nitrogens is 2. The topological polar surface area (TPSA) is 73.3 Å². The van der Waals surface area contributed by atoms with Crippen molar-refractivity contribution in [2.24, 2.45) is 5.73 Å². The second-order valence-corrected chi connectivity index (χ2v) is 9.21. The number of primary amides is 1. The van der Waals surface area contributed by atoms with Crippen molar-refractivity contribution in [2.45, 2.75) is 63.6 Å². The lowest BCUT2D eigenvalue weighted by Gasteiger charge is -2.40. The highest BCUT2D eigenvalue weighted by Crippen LogP contribution is 2.37. The quantitative estimate of drug-likeness (QED) is 0.663. The first-order chi connectivity index (χ1) is 15.6. The van der Waals surface area contributed by atoms with Crippen molar-refractivity contribution >= 4 is 16.9 Å². The zero-order valence-electron chi connectivity index (χ0n) is 18.7. The standard InChI is InChI=1S/C26H32N4O2/c1-2-21(25(27)31)30-24-12-6-5-11-23(24)29(26(30)32)19-14-16-28(17-15-19)22-13-7-9-18-8-3-4-10-20(18)22/h3-6,8,10-12,19,21-22H,2,7,9,13-17H2,1H3,(H2,27,31). The molecule has 2 N–H and O–H groups in total. The summed E-state index contributed by atoms with van der Waals surface area (Å²) in [6.07, 6.45) is 5.98. The lowest BCUT2D eigenvalue weighted by atomic mass is 9.86. The average Bonchev–Trinajstić information content (AvgIpc) is 3.11. The average molecular weight is 433 g/mol. The van der Waals surface area contributed by atoms with Crippen molar-refractivity contribution in [1.29, 1.82) is 0 Å². The van der Waals surface area contributed by atoms with Crippen LogP contribution in [0.3, 0.4) is 0 Å². The Bertz CT molecular complexity index is 1190. The molecular formula is C26H32N4O2. The highest BCUT2D eigenvalue weighted by Gasteiger charge is 2.32. The lowest BCUT2D eigenvalue weighted by molar-refractivity contribution is -0.121. The highest BCUT2D eigenvalue weighted by atomic mass is 16.2. The Labute approximate surface area is 188 Å². The van der Waals surface area contributed by atoms with Gasteiger partial charge in [-0.05, 0) is 61.8 Å². The number of imidazole rings is 1. The van der Waals surface area contributed by atoms with Gasteiger partial charge < -0.3 is 5.73 Å². The molecule has 1 aliphatic heterocycles. The van der Waals surface area contributed by atoms with Crippen molar-refractivity contribution < 1.29 is 4.79 Å². The number of piperidine rings is 1. The smallest absolute Gasteiger partial charge is 0.330 e. The first-order valence-corrected chi connectivity index (χ1v) is 11.9. The molecule has 2 aromatic carbocycles. The number of carbonyl (C=O) groups is 1. The van der Waals surface area contributed by atoms with E-state index in [-0.39, 0.29) is 11.7 Å². The Morgan fingerprint density at radius 1 is 1.03 bits per heavy atom. The number of carbonyl (C=O) groups excluding carboxylic acids is 1. The number of aryl methyl sites for hydroxylation is 1. The number of hydrogen-bond acceptors (Lipinski definition) is 3. The Morgan fingerprint density at radius 3 is 2.44 bits per heavy atom. The van der Waals surface area contributed by atoms with Crippen LogP contribution in [0.25, 0.3) is 11.0 Å². The highest BCUT2D eigenvalue weighted by molar-refractivity contribution is 5.83. The van der Waals surface area contributed by atoms with Crippen LogP contribution in [-0.4, -0.2) is 33.0 Å². The van der Waals surface area contributed by atoms with Crippen molar-refractivity contribution in [3.8, 4) is 0 Å². The maximum absolute atomic E-state index is 13.5. The fourth-order valence-electron chi connectivity index (χ4n) is 5.92. The van der Waals surface area contributed by atoms with Crippen molar-refractivity contribution in [1.82, 2.24) is 14.0 Å². The van der Waals surface area contributed by atoms with E-state index >= 15 is 0 Å². The van der Waals surface area contributed by atoms with Gasteiger partial charge in [0.1, 0.15) is 6.04 Å². The van der Waals surface area contributed by atoms with Gasteiger partial charge in [-0.3, -0.25) is 18.8 Å². The second-order valence-electron chi connectivity index (χ2n) is 9.21. The number of likely N-dealkylation sites (tertiary alicyclic amines) is 1. The lowest BCUT2D eigenvalue weighted by Crippen LogP contribution is -2.41. The fourth-order valence-corrected chi connectivity index (χ4v) is 5.92. The number of para-hydroxylation sites is 2. The van der Waals surface area contributed by atoms with Crippen LogP contribution >= 0.6 is 0 Å². The summed E-state index contributed by atoms with van der Waals surface area (Å²) in [6, 6.07) is 16.6. The summed E-state index contributed by atoms with van der Waals surface area (Å²) in [7, 11) is 0. The number of nitrogens with two attached hydrogens (primary N) is 1. The summed E-state index contributed by atoms with van der Waals surface area (Å²) >= 11 is 0. The molecule has 2 atom stereocenters. The second kappa shape index (κ2) is 8.58. The molecule has 1 amide bonds. The molecule has 2 unspecified atom stereocenters. The molecule has 0 saturated carbocycles. The Morgan fingerprint density at radius 2 is 1.72 bits per heavy atom. The van der Waals surface area contributed by atoms with Gasteiger partial charge in [-0.2, -0.15) is 0 Å². The van der Waals surface area contributed by atoms with Gasteiger partial charge in [0.2, 0.25) is 5.91 Å². The first-order valence-electron chi connectivity index (χ1n) is 11.9. The molecular weight excluding hydrogens is 400 g/mol. The minimum atomic E-state index is -0.618. The summed E-state index contributed by atoms with van der Waals surface area (Å²) in [5.74, 6) is -0.455. The third-order valence-corrected chi connectivity index (χ3v) is 7.48. The fraction of sp³-hybridized carbons (Fsp3) is 0.462. The van der Waals surface area contributed by atoms with Gasteiger partial charge in [0.25, 0.3) is 0 Å². The minimum Gasteiger partial charge on any atom is -0.368 e. The summed E-state index contributed by atoms with van der Waals surface area (Å²) in [4.78, 5) is 28.2. The number of hydrogen-bond donors (Lipinski definition) is 1. The minimum absolute atomic E-state index is 0.113. The summed E-state index contributed by atoms with van der Waals surface area (Å²) in [5, 5.41) is 0. The first kappa shape index (κ1) is 21.0. The summed E-state index contributed by atoms with van der Waals surface area (Å²) < 4.78 is 3.54. The van der Waals surface area contributed by atoms with E-state index in [0.717, 1.165) is 37.0 Å². The molecule has 5 rings (SSSR count). The number of rotatable bonds is 5. The van der Waals surface area contributed by atoms with Crippen LogP contribution in [0, 0.1) is 0 Å². The van der Waals surface area contributed by atoms with E-state index in [1.807, 2.05) is 35.8 Å². The molecule has 0 bridgehead atoms. The molecule has 1 aromatic heterocycles. The Balaban J connectivity index is 1.44. The zero-order valence-corrected chi connectivity index (χ0v) is 18.7. The zero-order chi connectivity index (χ0) is 22.2. The molecule has 168 valence electrons. The predicted molar refractivity (Wildman–Crippen MR) is 127 cm³/mol. The van der Waals surface area contributed by atoms with Crippen molar-refractivity contribution in [2.75, 3.05) is 13.1 Å². The van der Waals surface area contributed by atoms with E-state index in [1.165, 1.54) is 30.4 Å². The third kappa shape index (κ3) is 3.47. The molecule has 0 spiro atoms. The SMILES string of the molecule is CCC(C(N)=O)n1c(=O)n(C2CCN(C3CCCc4ccccc43)CC2)c2ccccc21. The van der Waals surface area contributed by atoms with Gasteiger partial charge in [0.15, 0.2) is 0 Å². The van der Waals surface area contributed by atoms with Crippen LogP contribution in [-0.2, 0) is 11.2 Å². The molecule has 1 saturated heterocycles. The van der Waals surface area contributed by atoms with Gasteiger partial charge in [-0.1, -0.05) is 43.3 Å². The van der Waals surface area contributed by atoms with E-state index in [1.54, 1.807) is 4.57 Å². The maximum atomic E-state index is 13.5. The van der Waals surface area contributed by atoms with E-state index in [4.69, 9.17) is 5.73 Å². The van der Waals surface area contributed by atoms with Crippen LogP contribution in [0.1, 0.15) is 68.3 Å². The van der Waals surface area contributed by atoms with Gasteiger partial charge in [-0.25, -0.2) is 4.79 Å². The van der Waals surface area contributed by atoms with Crippen LogP contribution < -0.4 is 11.4 Å². The number of amides is 1. The predicted octanol–water partition coefficient (Wildman–Crippen LogP) is 3.95. The van der Waals surface area contributed by atoms with Gasteiger partial charge in [0, 0.05) is 25.2 Å². The van der Waals surface area contributed by atoms with Crippen LogP contribution in [0.4, 0.5) is 0 Å². The largest absolute Gasteiger partial charge is 0.368 e. The van der Waals surface area contributed by atoms with E-state index in [0.29, 0.717) is 12.5 Å². The molecule has 1 fully saturated rings. The molecule has 2 aliphatic rings. The molecule has 0 radical (unpaired) electrons. The van der Waals surface area contributed by atoms with Crippen LogP contribution in [0.2, 0.25) is 0 Å². The van der Waals surface area contributed by atoms with Crippen molar-refractivity contribution in [3.05, 3.63) is 70.1 Å². The number of benzene rings is 2. The summed E-state index contributed by atoms with van der Waals surface area (Å²) in [5.41, 5.74) is 10.2. The Kier molecular flexibility index (Phi) is 5.64. The monoisotopic (exact) mass is 432 g/mol. The molecule has 1 aliphatic carbocycles. The molecule has 6 nitrogen and oxygen atoms in total. The molecule has 32 heavy (non-hydrogen) atoms. The maximum Gasteiger partial charge on any atom is 0.330 e. The van der Waals surface area contributed by atoms with Crippen molar-refractivity contribution in [3.63, 3.8) is 0 Å². The van der Waals surface area contributed by atoms with Crippen LogP contribution in [0.5, 0.6) is 0 Å². The van der Waals surface area contributed by atoms with Gasteiger partial charge in [0.05, 0.1) is 11.0 Å².